The van der Waals surface area contributed by atoms with Gasteiger partial charge >= 0.3 is 0 Å². The molecule has 0 saturated carbocycles. The molecule has 1 aromatic rings. The van der Waals surface area contributed by atoms with Crippen molar-refractivity contribution in [3.8, 4) is 5.75 Å². The molecule has 0 bridgehead atoms. The third-order valence-electron chi connectivity index (χ3n) is 3.20. The SMILES string of the molecule is Cc1ccc(C)c(OCC(O)CN(C)CC(=O)N(C)C)c1. The van der Waals surface area contributed by atoms with Gasteiger partial charge in [-0.1, -0.05) is 12.1 Å². The second-order valence-corrected chi connectivity index (χ2v) is 5.72. The molecule has 0 spiro atoms. The van der Waals surface area contributed by atoms with Gasteiger partial charge in [-0.05, 0) is 38.1 Å². The van der Waals surface area contributed by atoms with Crippen LogP contribution in [0, 0.1) is 13.8 Å². The smallest absolute Gasteiger partial charge is 0.236 e. The minimum absolute atomic E-state index is 0.0140. The lowest BCUT2D eigenvalue weighted by Crippen LogP contribution is -2.39. The summed E-state index contributed by atoms with van der Waals surface area (Å²) >= 11 is 0. The number of aryl methyl sites for hydroxylation is 2. The summed E-state index contributed by atoms with van der Waals surface area (Å²) < 4.78 is 5.66. The van der Waals surface area contributed by atoms with Gasteiger partial charge in [-0.25, -0.2) is 0 Å². The number of ether oxygens (including phenoxy) is 1. The Morgan fingerprint density at radius 2 is 1.95 bits per heavy atom. The Morgan fingerprint density at radius 1 is 1.29 bits per heavy atom. The van der Waals surface area contributed by atoms with Gasteiger partial charge in [-0.3, -0.25) is 9.69 Å². The van der Waals surface area contributed by atoms with Crippen LogP contribution in [0.25, 0.3) is 0 Å². The molecular weight excluding hydrogens is 268 g/mol. The summed E-state index contributed by atoms with van der Waals surface area (Å²) in [5, 5.41) is 10.0. The first-order valence-corrected chi connectivity index (χ1v) is 7.06. The van der Waals surface area contributed by atoms with E-state index < -0.39 is 6.10 Å². The highest BCUT2D eigenvalue weighted by atomic mass is 16.5. The molecular formula is C16H26N2O3. The van der Waals surface area contributed by atoms with E-state index in [9.17, 15) is 9.90 Å². The molecule has 21 heavy (non-hydrogen) atoms. The number of nitrogens with zero attached hydrogens (tertiary/aromatic N) is 2. The number of carbonyl (C=O) groups excluding carboxylic acids is 1. The summed E-state index contributed by atoms with van der Waals surface area (Å²) in [6.45, 7) is 4.87. The van der Waals surface area contributed by atoms with E-state index in [1.807, 2.05) is 39.1 Å². The Kier molecular flexibility index (Phi) is 6.65. The first kappa shape index (κ1) is 17.5. The summed E-state index contributed by atoms with van der Waals surface area (Å²) in [6, 6.07) is 5.99. The summed E-state index contributed by atoms with van der Waals surface area (Å²) in [5.41, 5.74) is 2.17. The van der Waals surface area contributed by atoms with Gasteiger partial charge in [0.1, 0.15) is 18.5 Å². The molecule has 5 nitrogen and oxygen atoms in total. The fourth-order valence-electron chi connectivity index (χ4n) is 1.90. The lowest BCUT2D eigenvalue weighted by molar-refractivity contribution is -0.129. The monoisotopic (exact) mass is 294 g/mol. The van der Waals surface area contributed by atoms with Crippen LogP contribution < -0.4 is 4.74 Å². The molecule has 0 radical (unpaired) electrons. The number of rotatable bonds is 7. The van der Waals surface area contributed by atoms with Crippen molar-refractivity contribution in [2.45, 2.75) is 20.0 Å². The van der Waals surface area contributed by atoms with Gasteiger partial charge in [0, 0.05) is 20.6 Å². The molecule has 0 heterocycles. The predicted octanol–water partition coefficient (Wildman–Crippen LogP) is 1.06. The van der Waals surface area contributed by atoms with Gasteiger partial charge < -0.3 is 14.7 Å². The second-order valence-electron chi connectivity index (χ2n) is 5.72. The number of benzene rings is 1. The summed E-state index contributed by atoms with van der Waals surface area (Å²) in [5.74, 6) is 0.807. The van der Waals surface area contributed by atoms with Crippen LogP contribution in [0.15, 0.2) is 18.2 Å². The number of hydrogen-bond donors (Lipinski definition) is 1. The normalized spacial score (nSPS) is 12.3. The highest BCUT2D eigenvalue weighted by molar-refractivity contribution is 5.77. The van der Waals surface area contributed by atoms with Crippen molar-refractivity contribution in [2.75, 3.05) is 40.8 Å². The van der Waals surface area contributed by atoms with Crippen molar-refractivity contribution in [1.82, 2.24) is 9.80 Å². The van der Waals surface area contributed by atoms with Gasteiger partial charge in [0.25, 0.3) is 0 Å². The van der Waals surface area contributed by atoms with Crippen LogP contribution in [0.2, 0.25) is 0 Å². The molecule has 1 atom stereocenters. The maximum absolute atomic E-state index is 11.6. The summed E-state index contributed by atoms with van der Waals surface area (Å²) in [6.07, 6.45) is -0.634. The van der Waals surface area contributed by atoms with Crippen molar-refractivity contribution < 1.29 is 14.6 Å². The van der Waals surface area contributed by atoms with Crippen molar-refractivity contribution in [3.63, 3.8) is 0 Å². The second kappa shape index (κ2) is 8.00. The van der Waals surface area contributed by atoms with E-state index in [4.69, 9.17) is 4.74 Å². The lowest BCUT2D eigenvalue weighted by Gasteiger charge is -2.22. The van der Waals surface area contributed by atoms with E-state index in [0.717, 1.165) is 16.9 Å². The minimum atomic E-state index is -0.634. The van der Waals surface area contributed by atoms with E-state index in [-0.39, 0.29) is 19.1 Å². The zero-order valence-corrected chi connectivity index (χ0v) is 13.6. The van der Waals surface area contributed by atoms with Gasteiger partial charge in [-0.2, -0.15) is 0 Å². The van der Waals surface area contributed by atoms with Gasteiger partial charge in [0.05, 0.1) is 6.54 Å². The minimum Gasteiger partial charge on any atom is -0.491 e. The number of aliphatic hydroxyl groups is 1. The Balaban J connectivity index is 2.41. The Morgan fingerprint density at radius 3 is 2.57 bits per heavy atom. The molecule has 0 aliphatic rings. The van der Waals surface area contributed by atoms with Crippen LogP contribution in [0.4, 0.5) is 0 Å². The zero-order chi connectivity index (χ0) is 16.0. The number of carbonyl (C=O) groups is 1. The van der Waals surface area contributed by atoms with Gasteiger partial charge in [0.2, 0.25) is 5.91 Å². The number of amides is 1. The van der Waals surface area contributed by atoms with E-state index >= 15 is 0 Å². The van der Waals surface area contributed by atoms with Crippen LogP contribution in [0.5, 0.6) is 5.75 Å². The van der Waals surface area contributed by atoms with Crippen molar-refractivity contribution in [1.29, 1.82) is 0 Å². The molecule has 1 N–H and O–H groups in total. The Bertz CT molecular complexity index is 475. The molecule has 0 aliphatic heterocycles. The largest absolute Gasteiger partial charge is 0.491 e. The van der Waals surface area contributed by atoms with E-state index in [0.29, 0.717) is 6.54 Å². The summed E-state index contributed by atoms with van der Waals surface area (Å²) in [7, 11) is 5.25. The van der Waals surface area contributed by atoms with Crippen molar-refractivity contribution >= 4 is 5.91 Å². The van der Waals surface area contributed by atoms with Crippen LogP contribution in [0.3, 0.4) is 0 Å². The molecule has 0 aromatic heterocycles. The molecule has 0 saturated heterocycles. The Labute approximate surface area is 127 Å². The number of aliphatic hydroxyl groups excluding tert-OH is 1. The zero-order valence-electron chi connectivity index (χ0n) is 13.6. The molecule has 0 fully saturated rings. The van der Waals surface area contributed by atoms with Crippen LogP contribution in [-0.4, -0.2) is 67.8 Å². The molecule has 118 valence electrons. The number of hydrogen-bond acceptors (Lipinski definition) is 4. The van der Waals surface area contributed by atoms with E-state index in [2.05, 4.69) is 0 Å². The predicted molar refractivity (Wildman–Crippen MR) is 83.6 cm³/mol. The molecule has 1 unspecified atom stereocenters. The standard InChI is InChI=1S/C16H26N2O3/c1-12-6-7-13(2)15(8-12)21-11-14(19)9-18(5)10-16(20)17(3)4/h6-8,14,19H,9-11H2,1-5H3. The quantitative estimate of drug-likeness (QED) is 0.817. The average molecular weight is 294 g/mol. The van der Waals surface area contributed by atoms with Crippen molar-refractivity contribution in [3.05, 3.63) is 29.3 Å². The number of likely N-dealkylation sites (N-methyl/N-ethyl adjacent to an activating group) is 2. The lowest BCUT2D eigenvalue weighted by atomic mass is 10.1. The van der Waals surface area contributed by atoms with Crippen LogP contribution in [0.1, 0.15) is 11.1 Å². The average Bonchev–Trinajstić information content (AvgIpc) is 2.39. The van der Waals surface area contributed by atoms with Gasteiger partial charge in [0.15, 0.2) is 0 Å². The molecule has 1 aromatic carbocycles. The Hall–Kier alpha value is -1.59. The van der Waals surface area contributed by atoms with Gasteiger partial charge in [-0.15, -0.1) is 0 Å². The highest BCUT2D eigenvalue weighted by Crippen LogP contribution is 2.19. The highest BCUT2D eigenvalue weighted by Gasteiger charge is 2.13. The fourth-order valence-corrected chi connectivity index (χ4v) is 1.90. The molecule has 1 amide bonds. The topological polar surface area (TPSA) is 53.0 Å². The van der Waals surface area contributed by atoms with Crippen molar-refractivity contribution in [2.24, 2.45) is 0 Å². The van der Waals surface area contributed by atoms with E-state index in [1.54, 1.807) is 19.0 Å². The first-order chi connectivity index (χ1) is 9.79. The maximum Gasteiger partial charge on any atom is 0.236 e. The third-order valence-corrected chi connectivity index (χ3v) is 3.20. The van der Waals surface area contributed by atoms with Crippen LogP contribution in [-0.2, 0) is 4.79 Å². The first-order valence-electron chi connectivity index (χ1n) is 7.06. The van der Waals surface area contributed by atoms with Crippen LogP contribution >= 0.6 is 0 Å². The molecule has 1 rings (SSSR count). The summed E-state index contributed by atoms with van der Waals surface area (Å²) in [4.78, 5) is 14.9. The molecule has 5 heteroatoms. The molecule has 0 aliphatic carbocycles. The third kappa shape index (κ3) is 6.14. The maximum atomic E-state index is 11.6. The fraction of sp³-hybridized carbons (Fsp3) is 0.562. The van der Waals surface area contributed by atoms with E-state index in [1.165, 1.54) is 4.90 Å².